The molecule has 6 heteroatoms. The molecule has 0 bridgehead atoms. The number of hydrogen-bond acceptors (Lipinski definition) is 5. The van der Waals surface area contributed by atoms with Gasteiger partial charge >= 0.3 is 0 Å². The number of aryl methyl sites for hydroxylation is 2. The molecule has 1 saturated heterocycles. The molecule has 0 saturated carbocycles. The summed E-state index contributed by atoms with van der Waals surface area (Å²) in [5.74, 6) is -1.24. The van der Waals surface area contributed by atoms with Crippen LogP contribution in [0, 0.1) is 13.8 Å². The number of hydrogen-bond donors (Lipinski definition) is 1. The highest BCUT2D eigenvalue weighted by atomic mass is 16.5. The summed E-state index contributed by atoms with van der Waals surface area (Å²) in [5, 5.41) is 11.2. The highest BCUT2D eigenvalue weighted by Crippen LogP contribution is 2.41. The summed E-state index contributed by atoms with van der Waals surface area (Å²) < 4.78 is 5.36. The van der Waals surface area contributed by atoms with Gasteiger partial charge in [-0.25, -0.2) is 0 Å². The van der Waals surface area contributed by atoms with Crippen molar-refractivity contribution in [3.05, 3.63) is 100 Å². The summed E-state index contributed by atoms with van der Waals surface area (Å²) in [5.41, 5.74) is 4.05. The zero-order valence-electron chi connectivity index (χ0n) is 18.2. The van der Waals surface area contributed by atoms with E-state index in [9.17, 15) is 14.7 Å². The van der Waals surface area contributed by atoms with Crippen LogP contribution >= 0.6 is 0 Å². The van der Waals surface area contributed by atoms with E-state index in [0.717, 1.165) is 16.7 Å². The number of ketones is 1. The van der Waals surface area contributed by atoms with Crippen molar-refractivity contribution >= 4 is 17.4 Å². The Hall–Kier alpha value is -3.93. The number of amides is 1. The molecule has 1 atom stereocenters. The average molecular weight is 428 g/mol. The molecule has 1 aliphatic rings. The number of ether oxygens (including phenoxy) is 1. The van der Waals surface area contributed by atoms with Crippen molar-refractivity contribution in [2.24, 2.45) is 0 Å². The maximum atomic E-state index is 13.2. The molecule has 2 aromatic carbocycles. The van der Waals surface area contributed by atoms with Crippen LogP contribution in [-0.2, 0) is 16.1 Å². The van der Waals surface area contributed by atoms with E-state index in [1.165, 1.54) is 12.0 Å². The number of aliphatic hydroxyl groups is 1. The van der Waals surface area contributed by atoms with E-state index in [2.05, 4.69) is 4.98 Å². The molecular weight excluding hydrogens is 404 g/mol. The van der Waals surface area contributed by atoms with Crippen molar-refractivity contribution in [1.82, 2.24) is 9.88 Å². The van der Waals surface area contributed by atoms with Gasteiger partial charge in [-0.05, 0) is 48.7 Å². The minimum absolute atomic E-state index is 0.0257. The van der Waals surface area contributed by atoms with Gasteiger partial charge < -0.3 is 14.7 Å². The standard InChI is InChI=1S/C26H24N2O4/c1-16-10-11-17(2)19(13-16)15-28-23(18-7-6-12-27-14-18)22(25(30)26(28)31)24(29)20-8-4-5-9-21(20)32-3/h4-14,23,29H,15H2,1-3H3/b24-22-. The van der Waals surface area contributed by atoms with E-state index in [1.807, 2.05) is 32.0 Å². The van der Waals surface area contributed by atoms with Crippen LogP contribution in [0.2, 0.25) is 0 Å². The van der Waals surface area contributed by atoms with Gasteiger partial charge in [-0.1, -0.05) is 42.0 Å². The second kappa shape index (κ2) is 8.67. The van der Waals surface area contributed by atoms with Crippen LogP contribution in [0.5, 0.6) is 5.75 Å². The summed E-state index contributed by atoms with van der Waals surface area (Å²) in [6, 6.07) is 15.7. The van der Waals surface area contributed by atoms with Crippen molar-refractivity contribution in [1.29, 1.82) is 0 Å². The number of methoxy groups -OCH3 is 1. The molecule has 1 aromatic heterocycles. The number of nitrogens with zero attached hydrogens (tertiary/aromatic N) is 2. The van der Waals surface area contributed by atoms with E-state index >= 15 is 0 Å². The summed E-state index contributed by atoms with van der Waals surface area (Å²) in [6.45, 7) is 4.19. The van der Waals surface area contributed by atoms with Crippen LogP contribution in [0.4, 0.5) is 0 Å². The first kappa shape index (κ1) is 21.3. The molecule has 0 spiro atoms. The van der Waals surface area contributed by atoms with Crippen LogP contribution in [0.1, 0.15) is 33.9 Å². The summed E-state index contributed by atoms with van der Waals surface area (Å²) in [4.78, 5) is 32.0. The number of pyridine rings is 1. The fraction of sp³-hybridized carbons (Fsp3) is 0.192. The van der Waals surface area contributed by atoms with E-state index in [0.29, 0.717) is 16.9 Å². The van der Waals surface area contributed by atoms with Crippen molar-refractivity contribution in [2.75, 3.05) is 7.11 Å². The van der Waals surface area contributed by atoms with Gasteiger partial charge in [0.05, 0.1) is 24.3 Å². The topological polar surface area (TPSA) is 79.7 Å². The third kappa shape index (κ3) is 3.75. The molecule has 1 aliphatic heterocycles. The Morgan fingerprint density at radius 1 is 1.09 bits per heavy atom. The molecule has 2 heterocycles. The quantitative estimate of drug-likeness (QED) is 0.372. The molecule has 1 unspecified atom stereocenters. The summed E-state index contributed by atoms with van der Waals surface area (Å²) >= 11 is 0. The van der Waals surface area contributed by atoms with Crippen molar-refractivity contribution in [3.8, 4) is 5.75 Å². The van der Waals surface area contributed by atoms with Crippen molar-refractivity contribution < 1.29 is 19.4 Å². The van der Waals surface area contributed by atoms with Crippen LogP contribution in [-0.4, -0.2) is 33.8 Å². The predicted molar refractivity (Wildman–Crippen MR) is 121 cm³/mol. The molecule has 3 aromatic rings. The molecule has 1 N–H and O–H groups in total. The Morgan fingerprint density at radius 3 is 2.59 bits per heavy atom. The lowest BCUT2D eigenvalue weighted by Crippen LogP contribution is -2.29. The lowest BCUT2D eigenvalue weighted by atomic mass is 9.95. The molecule has 32 heavy (non-hydrogen) atoms. The Balaban J connectivity index is 1.89. The number of aliphatic hydroxyl groups excluding tert-OH is 1. The van der Waals surface area contributed by atoms with Gasteiger partial charge in [0.25, 0.3) is 11.7 Å². The van der Waals surface area contributed by atoms with Gasteiger partial charge in [-0.15, -0.1) is 0 Å². The van der Waals surface area contributed by atoms with Gasteiger partial charge in [0, 0.05) is 18.9 Å². The second-order valence-electron chi connectivity index (χ2n) is 7.84. The number of aromatic nitrogens is 1. The van der Waals surface area contributed by atoms with Crippen LogP contribution in [0.15, 0.2) is 72.6 Å². The first-order valence-electron chi connectivity index (χ1n) is 10.3. The van der Waals surface area contributed by atoms with E-state index < -0.39 is 17.7 Å². The third-order valence-corrected chi connectivity index (χ3v) is 5.75. The maximum Gasteiger partial charge on any atom is 0.295 e. The smallest absolute Gasteiger partial charge is 0.295 e. The van der Waals surface area contributed by atoms with E-state index in [1.54, 1.807) is 48.8 Å². The Morgan fingerprint density at radius 2 is 1.88 bits per heavy atom. The molecule has 0 aliphatic carbocycles. The molecular formula is C26H24N2O4. The molecule has 6 nitrogen and oxygen atoms in total. The van der Waals surface area contributed by atoms with Crippen molar-refractivity contribution in [2.45, 2.75) is 26.4 Å². The first-order chi connectivity index (χ1) is 15.4. The predicted octanol–water partition coefficient (Wildman–Crippen LogP) is 4.33. The molecule has 1 amide bonds. The van der Waals surface area contributed by atoms with Gasteiger partial charge in [-0.2, -0.15) is 0 Å². The number of rotatable bonds is 5. The third-order valence-electron chi connectivity index (χ3n) is 5.75. The largest absolute Gasteiger partial charge is 0.507 e. The van der Waals surface area contributed by atoms with Crippen LogP contribution in [0.3, 0.4) is 0 Å². The lowest BCUT2D eigenvalue weighted by Gasteiger charge is -2.26. The highest BCUT2D eigenvalue weighted by Gasteiger charge is 2.46. The zero-order chi connectivity index (χ0) is 22.8. The monoisotopic (exact) mass is 428 g/mol. The lowest BCUT2D eigenvalue weighted by molar-refractivity contribution is -0.140. The minimum Gasteiger partial charge on any atom is -0.507 e. The summed E-state index contributed by atoms with van der Waals surface area (Å²) in [6.07, 6.45) is 3.24. The van der Waals surface area contributed by atoms with E-state index in [-0.39, 0.29) is 17.9 Å². The van der Waals surface area contributed by atoms with Gasteiger partial charge in [0.15, 0.2) is 0 Å². The Kier molecular flexibility index (Phi) is 5.77. The highest BCUT2D eigenvalue weighted by molar-refractivity contribution is 6.46. The number of benzene rings is 2. The van der Waals surface area contributed by atoms with Crippen LogP contribution < -0.4 is 4.74 Å². The number of carbonyl (C=O) groups is 2. The van der Waals surface area contributed by atoms with Gasteiger partial charge in [0.1, 0.15) is 11.5 Å². The maximum absolute atomic E-state index is 13.2. The number of likely N-dealkylation sites (tertiary alicyclic amines) is 1. The van der Waals surface area contributed by atoms with Gasteiger partial charge in [-0.3, -0.25) is 14.6 Å². The zero-order valence-corrected chi connectivity index (χ0v) is 18.2. The number of para-hydroxylation sites is 1. The number of Topliss-reactive ketones (excluding diaryl/α,β-unsaturated/α-hetero) is 1. The summed E-state index contributed by atoms with van der Waals surface area (Å²) in [7, 11) is 1.49. The first-order valence-corrected chi connectivity index (χ1v) is 10.3. The fourth-order valence-electron chi connectivity index (χ4n) is 4.07. The van der Waals surface area contributed by atoms with Crippen LogP contribution in [0.25, 0.3) is 5.76 Å². The average Bonchev–Trinajstić information content (AvgIpc) is 3.06. The normalized spacial score (nSPS) is 17.6. The Bertz CT molecular complexity index is 1220. The fourth-order valence-corrected chi connectivity index (χ4v) is 4.07. The molecule has 4 rings (SSSR count). The minimum atomic E-state index is -0.770. The SMILES string of the molecule is COc1ccccc1/C(O)=C1/C(=O)C(=O)N(Cc2cc(C)ccc2C)C1c1cccnc1. The molecule has 162 valence electrons. The number of carbonyl (C=O) groups excluding carboxylic acids is 2. The molecule has 0 radical (unpaired) electrons. The van der Waals surface area contributed by atoms with Crippen molar-refractivity contribution in [3.63, 3.8) is 0 Å². The second-order valence-corrected chi connectivity index (χ2v) is 7.84. The Labute approximate surface area is 186 Å². The van der Waals surface area contributed by atoms with Gasteiger partial charge in [0.2, 0.25) is 0 Å². The van der Waals surface area contributed by atoms with E-state index in [4.69, 9.17) is 4.74 Å². The molecule has 1 fully saturated rings.